The van der Waals surface area contributed by atoms with Gasteiger partial charge in [-0.2, -0.15) is 0 Å². The van der Waals surface area contributed by atoms with Gasteiger partial charge >= 0.3 is 0 Å². The molecule has 3 rings (SSSR count). The van der Waals surface area contributed by atoms with Crippen molar-refractivity contribution in [2.45, 2.75) is 25.3 Å². The molecule has 2 amide bonds. The van der Waals surface area contributed by atoms with Crippen LogP contribution in [0.1, 0.15) is 29.6 Å². The summed E-state index contributed by atoms with van der Waals surface area (Å²) >= 11 is 5.96. The van der Waals surface area contributed by atoms with Gasteiger partial charge in [-0.15, -0.1) is 0 Å². The van der Waals surface area contributed by atoms with Gasteiger partial charge in [0, 0.05) is 25.6 Å². The monoisotopic (exact) mass is 310 g/mol. The molecule has 2 saturated heterocycles. The molecule has 0 bridgehead atoms. The minimum atomic E-state index is -0.591. The average molecular weight is 311 g/mol. The Labute approximate surface area is 127 Å². The molecule has 6 heteroatoms. The van der Waals surface area contributed by atoms with Crippen molar-refractivity contribution < 1.29 is 14.0 Å². The first kappa shape index (κ1) is 14.3. The lowest BCUT2D eigenvalue weighted by molar-refractivity contribution is -0.125. The number of nitrogens with zero attached hydrogens (tertiary/aromatic N) is 1. The number of piperidine rings is 2. The van der Waals surface area contributed by atoms with Crippen LogP contribution in [0.4, 0.5) is 4.39 Å². The first-order valence-electron chi connectivity index (χ1n) is 7.09. The number of hydrogen-bond donors (Lipinski definition) is 1. The molecule has 2 aliphatic rings. The summed E-state index contributed by atoms with van der Waals surface area (Å²) in [6, 6.07) is 4.38. The minimum absolute atomic E-state index is 0.0579. The molecule has 21 heavy (non-hydrogen) atoms. The third-order valence-corrected chi connectivity index (χ3v) is 4.60. The topological polar surface area (TPSA) is 49.4 Å². The predicted molar refractivity (Wildman–Crippen MR) is 76.6 cm³/mol. The largest absolute Gasteiger partial charge is 0.353 e. The molecule has 0 aliphatic carbocycles. The summed E-state index contributed by atoms with van der Waals surface area (Å²) < 4.78 is 13.9. The number of hydrogen-bond acceptors (Lipinski definition) is 2. The van der Waals surface area contributed by atoms with Crippen LogP contribution in [0, 0.1) is 11.7 Å². The van der Waals surface area contributed by atoms with Crippen LogP contribution >= 0.6 is 11.6 Å². The fourth-order valence-electron chi connectivity index (χ4n) is 3.15. The van der Waals surface area contributed by atoms with Gasteiger partial charge in [0.2, 0.25) is 5.91 Å². The van der Waals surface area contributed by atoms with E-state index in [4.69, 9.17) is 11.6 Å². The van der Waals surface area contributed by atoms with E-state index in [0.717, 1.165) is 6.42 Å². The van der Waals surface area contributed by atoms with Crippen molar-refractivity contribution in [1.82, 2.24) is 10.2 Å². The van der Waals surface area contributed by atoms with Gasteiger partial charge in [-0.05, 0) is 30.9 Å². The highest BCUT2D eigenvalue weighted by Crippen LogP contribution is 2.28. The Kier molecular flexibility index (Phi) is 3.85. The van der Waals surface area contributed by atoms with Gasteiger partial charge in [0.05, 0.1) is 10.6 Å². The van der Waals surface area contributed by atoms with Crippen molar-refractivity contribution in [2.24, 2.45) is 5.92 Å². The van der Waals surface area contributed by atoms with Crippen molar-refractivity contribution in [1.29, 1.82) is 0 Å². The molecule has 1 aromatic rings. The van der Waals surface area contributed by atoms with Gasteiger partial charge in [-0.1, -0.05) is 17.7 Å². The SMILES string of the molecule is O=C1CCC2CN(C(=O)c3c(F)cccc3Cl)CCC2N1. The molecule has 0 aromatic heterocycles. The second-order valence-electron chi connectivity index (χ2n) is 5.61. The number of rotatable bonds is 1. The maximum absolute atomic E-state index is 13.9. The fraction of sp³-hybridized carbons (Fsp3) is 0.467. The van der Waals surface area contributed by atoms with Gasteiger partial charge in [-0.3, -0.25) is 9.59 Å². The third-order valence-electron chi connectivity index (χ3n) is 4.29. The lowest BCUT2D eigenvalue weighted by Gasteiger charge is -2.41. The van der Waals surface area contributed by atoms with Crippen molar-refractivity contribution in [3.63, 3.8) is 0 Å². The fourth-order valence-corrected chi connectivity index (χ4v) is 3.40. The zero-order valence-corrected chi connectivity index (χ0v) is 12.2. The average Bonchev–Trinajstić information content (AvgIpc) is 2.46. The molecular weight excluding hydrogens is 295 g/mol. The Morgan fingerprint density at radius 1 is 1.38 bits per heavy atom. The highest BCUT2D eigenvalue weighted by molar-refractivity contribution is 6.33. The van der Waals surface area contributed by atoms with E-state index in [1.54, 1.807) is 4.90 Å². The van der Waals surface area contributed by atoms with E-state index in [2.05, 4.69) is 5.32 Å². The first-order chi connectivity index (χ1) is 10.1. The molecule has 2 atom stereocenters. The summed E-state index contributed by atoms with van der Waals surface area (Å²) in [5.74, 6) is -0.640. The minimum Gasteiger partial charge on any atom is -0.353 e. The standard InChI is InChI=1S/C15H16ClFN2O2/c16-10-2-1-3-11(17)14(10)15(21)19-7-6-12-9(8-19)4-5-13(20)18-12/h1-3,9,12H,4-8H2,(H,18,20). The van der Waals surface area contributed by atoms with E-state index in [9.17, 15) is 14.0 Å². The van der Waals surface area contributed by atoms with Gasteiger partial charge in [0.25, 0.3) is 5.91 Å². The third kappa shape index (κ3) is 2.75. The van der Waals surface area contributed by atoms with Crippen molar-refractivity contribution >= 4 is 23.4 Å². The van der Waals surface area contributed by atoms with Crippen LogP contribution in [0.3, 0.4) is 0 Å². The molecule has 0 radical (unpaired) electrons. The second kappa shape index (κ2) is 5.64. The Bertz CT molecular complexity index is 573. The summed E-state index contributed by atoms with van der Waals surface area (Å²) in [6.45, 7) is 1.04. The van der Waals surface area contributed by atoms with Crippen molar-refractivity contribution in [3.8, 4) is 0 Å². The van der Waals surface area contributed by atoms with Gasteiger partial charge in [0.1, 0.15) is 5.82 Å². The number of likely N-dealkylation sites (tertiary alicyclic amines) is 1. The summed E-state index contributed by atoms with van der Waals surface area (Å²) in [4.78, 5) is 25.5. The van der Waals surface area contributed by atoms with Gasteiger partial charge in [0.15, 0.2) is 0 Å². The predicted octanol–water partition coefficient (Wildman–Crippen LogP) is 2.22. The summed E-state index contributed by atoms with van der Waals surface area (Å²) in [7, 11) is 0. The number of benzene rings is 1. The van der Waals surface area contributed by atoms with Crippen LogP contribution in [0.5, 0.6) is 0 Å². The smallest absolute Gasteiger partial charge is 0.258 e. The Hall–Kier alpha value is -1.62. The van der Waals surface area contributed by atoms with E-state index in [1.807, 2.05) is 0 Å². The lowest BCUT2D eigenvalue weighted by atomic mass is 9.85. The van der Waals surface area contributed by atoms with Crippen LogP contribution in [-0.4, -0.2) is 35.8 Å². The number of fused-ring (bicyclic) bond motifs is 1. The zero-order valence-electron chi connectivity index (χ0n) is 11.4. The van der Waals surface area contributed by atoms with Gasteiger partial charge < -0.3 is 10.2 Å². The molecule has 2 fully saturated rings. The van der Waals surface area contributed by atoms with Crippen LogP contribution < -0.4 is 5.32 Å². The molecule has 0 saturated carbocycles. The number of nitrogens with one attached hydrogen (secondary N) is 1. The van der Waals surface area contributed by atoms with Crippen molar-refractivity contribution in [2.75, 3.05) is 13.1 Å². The normalized spacial score (nSPS) is 25.2. The first-order valence-corrected chi connectivity index (χ1v) is 7.46. The maximum Gasteiger partial charge on any atom is 0.258 e. The number of halogens is 2. The van der Waals surface area contributed by atoms with E-state index in [-0.39, 0.29) is 34.4 Å². The number of amides is 2. The molecule has 2 unspecified atom stereocenters. The van der Waals surface area contributed by atoms with Gasteiger partial charge in [-0.25, -0.2) is 4.39 Å². The van der Waals surface area contributed by atoms with Crippen LogP contribution in [-0.2, 0) is 4.79 Å². The van der Waals surface area contributed by atoms with E-state index < -0.39 is 5.82 Å². The molecule has 2 heterocycles. The highest BCUT2D eigenvalue weighted by atomic mass is 35.5. The molecule has 0 spiro atoms. The van der Waals surface area contributed by atoms with E-state index in [1.165, 1.54) is 18.2 Å². The molecule has 2 aliphatic heterocycles. The summed E-state index contributed by atoms with van der Waals surface area (Å²) in [6.07, 6.45) is 1.96. The van der Waals surface area contributed by atoms with Crippen molar-refractivity contribution in [3.05, 3.63) is 34.6 Å². The maximum atomic E-state index is 13.9. The molecule has 4 nitrogen and oxygen atoms in total. The van der Waals surface area contributed by atoms with E-state index in [0.29, 0.717) is 25.9 Å². The zero-order chi connectivity index (χ0) is 15.0. The Morgan fingerprint density at radius 3 is 2.95 bits per heavy atom. The number of carbonyl (C=O) groups is 2. The van der Waals surface area contributed by atoms with E-state index >= 15 is 0 Å². The Balaban J connectivity index is 1.76. The molecule has 1 N–H and O–H groups in total. The molecular formula is C15H16ClFN2O2. The Morgan fingerprint density at radius 2 is 2.19 bits per heavy atom. The molecule has 112 valence electrons. The second-order valence-corrected chi connectivity index (χ2v) is 6.02. The van der Waals surface area contributed by atoms with Crippen LogP contribution in [0.15, 0.2) is 18.2 Å². The lowest BCUT2D eigenvalue weighted by Crippen LogP contribution is -2.55. The molecule has 1 aromatic carbocycles. The number of carbonyl (C=O) groups excluding carboxylic acids is 2. The summed E-state index contributed by atoms with van der Waals surface area (Å²) in [5, 5.41) is 3.10. The van der Waals surface area contributed by atoms with Crippen LogP contribution in [0.2, 0.25) is 5.02 Å². The van der Waals surface area contributed by atoms with Crippen LogP contribution in [0.25, 0.3) is 0 Å². The quantitative estimate of drug-likeness (QED) is 0.864. The summed E-state index contributed by atoms with van der Waals surface area (Å²) in [5.41, 5.74) is -0.0579. The highest BCUT2D eigenvalue weighted by Gasteiger charge is 2.36.